The molecule has 2 N–H and O–H groups in total. The topological polar surface area (TPSA) is 56.7 Å². The summed E-state index contributed by atoms with van der Waals surface area (Å²) in [6, 6.07) is 2.26. The van der Waals surface area contributed by atoms with E-state index in [1.165, 1.54) is 19.3 Å². The maximum absolute atomic E-state index is 6.02. The van der Waals surface area contributed by atoms with Crippen LogP contribution in [-0.4, -0.2) is 14.5 Å². The number of hydrogen-bond acceptors (Lipinski definition) is 3. The van der Waals surface area contributed by atoms with Gasteiger partial charge in [-0.25, -0.2) is 4.98 Å². The van der Waals surface area contributed by atoms with Crippen molar-refractivity contribution in [2.75, 3.05) is 5.73 Å². The number of aromatic nitrogens is 3. The Labute approximate surface area is 114 Å². The highest BCUT2D eigenvalue weighted by molar-refractivity contribution is 5.72. The SMILES string of the molecule is CCCCCC(C)n1cncc1-c1cnccc1N. The third kappa shape index (κ3) is 3.13. The van der Waals surface area contributed by atoms with Gasteiger partial charge in [-0.3, -0.25) is 4.98 Å². The smallest absolute Gasteiger partial charge is 0.0953 e. The summed E-state index contributed by atoms with van der Waals surface area (Å²) >= 11 is 0. The van der Waals surface area contributed by atoms with Crippen molar-refractivity contribution in [3.05, 3.63) is 31.0 Å². The summed E-state index contributed by atoms with van der Waals surface area (Å²) in [5.74, 6) is 0. The number of rotatable bonds is 6. The molecule has 0 saturated carbocycles. The summed E-state index contributed by atoms with van der Waals surface area (Å²) in [6.07, 6.45) is 12.2. The van der Waals surface area contributed by atoms with Gasteiger partial charge in [0.15, 0.2) is 0 Å². The molecule has 0 saturated heterocycles. The lowest BCUT2D eigenvalue weighted by molar-refractivity contribution is 0.480. The van der Waals surface area contributed by atoms with Gasteiger partial charge in [-0.15, -0.1) is 0 Å². The second kappa shape index (κ2) is 6.36. The number of pyridine rings is 1. The van der Waals surface area contributed by atoms with Crippen molar-refractivity contribution >= 4 is 5.69 Å². The summed E-state index contributed by atoms with van der Waals surface area (Å²) in [6.45, 7) is 4.46. The van der Waals surface area contributed by atoms with Gasteiger partial charge in [-0.05, 0) is 19.4 Å². The molecule has 2 rings (SSSR count). The first-order chi connectivity index (χ1) is 9.24. The molecule has 102 valence electrons. The fourth-order valence-electron chi connectivity index (χ4n) is 2.31. The quantitative estimate of drug-likeness (QED) is 0.804. The zero-order valence-electron chi connectivity index (χ0n) is 11.7. The maximum atomic E-state index is 6.02. The van der Waals surface area contributed by atoms with Gasteiger partial charge < -0.3 is 10.3 Å². The Bertz CT molecular complexity index is 518. The molecule has 2 heterocycles. The van der Waals surface area contributed by atoms with E-state index < -0.39 is 0 Å². The second-order valence-electron chi connectivity index (χ2n) is 4.99. The number of nitrogen functional groups attached to an aromatic ring is 1. The van der Waals surface area contributed by atoms with E-state index in [1.807, 2.05) is 24.8 Å². The van der Waals surface area contributed by atoms with Crippen LogP contribution in [0.25, 0.3) is 11.3 Å². The molecule has 0 bridgehead atoms. The first-order valence-corrected chi connectivity index (χ1v) is 6.95. The number of nitrogens with zero attached hydrogens (tertiary/aromatic N) is 3. The molecular weight excluding hydrogens is 236 g/mol. The van der Waals surface area contributed by atoms with Crippen molar-refractivity contribution in [3.8, 4) is 11.3 Å². The van der Waals surface area contributed by atoms with Crippen LogP contribution < -0.4 is 5.73 Å². The van der Waals surface area contributed by atoms with Crippen molar-refractivity contribution in [3.63, 3.8) is 0 Å². The average Bonchev–Trinajstić information content (AvgIpc) is 2.88. The average molecular weight is 258 g/mol. The maximum Gasteiger partial charge on any atom is 0.0953 e. The minimum absolute atomic E-state index is 0.434. The second-order valence-corrected chi connectivity index (χ2v) is 4.99. The standard InChI is InChI=1S/C15H22N4/c1-3-4-5-6-12(2)19-11-18-10-15(19)13-9-17-8-7-14(13)16/h7-12H,3-6H2,1-2H3,(H2,16,17). The number of hydrogen-bond donors (Lipinski definition) is 1. The Morgan fingerprint density at radius 2 is 2.11 bits per heavy atom. The van der Waals surface area contributed by atoms with Gasteiger partial charge >= 0.3 is 0 Å². The summed E-state index contributed by atoms with van der Waals surface area (Å²) in [5.41, 5.74) is 8.78. The predicted octanol–water partition coefficient (Wildman–Crippen LogP) is 3.67. The van der Waals surface area contributed by atoms with Crippen molar-refractivity contribution in [2.24, 2.45) is 0 Å². The highest BCUT2D eigenvalue weighted by Gasteiger charge is 2.12. The largest absolute Gasteiger partial charge is 0.398 e. The van der Waals surface area contributed by atoms with E-state index in [1.54, 1.807) is 6.20 Å². The third-order valence-electron chi connectivity index (χ3n) is 3.50. The lowest BCUT2D eigenvalue weighted by Gasteiger charge is -2.17. The van der Waals surface area contributed by atoms with Gasteiger partial charge in [0.1, 0.15) is 0 Å². The van der Waals surface area contributed by atoms with Crippen LogP contribution in [0.1, 0.15) is 45.6 Å². The molecule has 4 heteroatoms. The van der Waals surface area contributed by atoms with Crippen LogP contribution in [0.5, 0.6) is 0 Å². The molecule has 0 amide bonds. The summed E-state index contributed by atoms with van der Waals surface area (Å²) in [7, 11) is 0. The van der Waals surface area contributed by atoms with Gasteiger partial charge in [-0.2, -0.15) is 0 Å². The Morgan fingerprint density at radius 1 is 1.26 bits per heavy atom. The van der Waals surface area contributed by atoms with Crippen LogP contribution in [0.15, 0.2) is 31.0 Å². The Morgan fingerprint density at radius 3 is 2.84 bits per heavy atom. The van der Waals surface area contributed by atoms with E-state index in [9.17, 15) is 0 Å². The Hall–Kier alpha value is -1.84. The van der Waals surface area contributed by atoms with Crippen molar-refractivity contribution in [1.82, 2.24) is 14.5 Å². The molecule has 2 aromatic heterocycles. The summed E-state index contributed by atoms with van der Waals surface area (Å²) < 4.78 is 2.20. The van der Waals surface area contributed by atoms with Crippen LogP contribution in [-0.2, 0) is 0 Å². The Balaban J connectivity index is 2.20. The van der Waals surface area contributed by atoms with Crippen molar-refractivity contribution in [1.29, 1.82) is 0 Å². The number of unbranched alkanes of at least 4 members (excludes halogenated alkanes) is 2. The predicted molar refractivity (Wildman–Crippen MR) is 78.7 cm³/mol. The minimum Gasteiger partial charge on any atom is -0.398 e. The highest BCUT2D eigenvalue weighted by Crippen LogP contribution is 2.28. The van der Waals surface area contributed by atoms with E-state index in [0.29, 0.717) is 6.04 Å². The van der Waals surface area contributed by atoms with Crippen LogP contribution in [0.3, 0.4) is 0 Å². The fourth-order valence-corrected chi connectivity index (χ4v) is 2.31. The summed E-state index contributed by atoms with van der Waals surface area (Å²) in [4.78, 5) is 8.42. The van der Waals surface area contributed by atoms with Gasteiger partial charge in [0.25, 0.3) is 0 Å². The number of imidazole rings is 1. The fraction of sp³-hybridized carbons (Fsp3) is 0.467. The van der Waals surface area contributed by atoms with Crippen molar-refractivity contribution < 1.29 is 0 Å². The lowest BCUT2D eigenvalue weighted by atomic mass is 10.1. The van der Waals surface area contributed by atoms with Gasteiger partial charge in [-0.1, -0.05) is 26.2 Å². The zero-order chi connectivity index (χ0) is 13.7. The molecule has 0 aliphatic carbocycles. The first-order valence-electron chi connectivity index (χ1n) is 6.95. The molecule has 2 aromatic rings. The molecule has 0 radical (unpaired) electrons. The van der Waals surface area contributed by atoms with Gasteiger partial charge in [0.2, 0.25) is 0 Å². The van der Waals surface area contributed by atoms with E-state index in [4.69, 9.17) is 5.73 Å². The zero-order valence-corrected chi connectivity index (χ0v) is 11.7. The monoisotopic (exact) mass is 258 g/mol. The van der Waals surface area contributed by atoms with E-state index in [0.717, 1.165) is 23.4 Å². The minimum atomic E-state index is 0.434. The number of anilines is 1. The molecule has 19 heavy (non-hydrogen) atoms. The van der Waals surface area contributed by atoms with Crippen LogP contribution >= 0.6 is 0 Å². The molecular formula is C15H22N4. The van der Waals surface area contributed by atoms with E-state index in [2.05, 4.69) is 28.4 Å². The highest BCUT2D eigenvalue weighted by atomic mass is 15.1. The van der Waals surface area contributed by atoms with Crippen molar-refractivity contribution in [2.45, 2.75) is 45.6 Å². The first kappa shape index (κ1) is 13.6. The van der Waals surface area contributed by atoms with Gasteiger partial charge in [0.05, 0.1) is 18.2 Å². The molecule has 0 spiro atoms. The molecule has 1 atom stereocenters. The van der Waals surface area contributed by atoms with E-state index in [-0.39, 0.29) is 0 Å². The third-order valence-corrected chi connectivity index (χ3v) is 3.50. The van der Waals surface area contributed by atoms with Crippen LogP contribution in [0.4, 0.5) is 5.69 Å². The number of nitrogens with two attached hydrogens (primary N) is 1. The summed E-state index contributed by atoms with van der Waals surface area (Å²) in [5, 5.41) is 0. The Kier molecular flexibility index (Phi) is 4.55. The normalized spacial score (nSPS) is 12.5. The molecule has 1 unspecified atom stereocenters. The van der Waals surface area contributed by atoms with Crippen LogP contribution in [0.2, 0.25) is 0 Å². The molecule has 0 aliphatic heterocycles. The molecule has 0 fully saturated rings. The van der Waals surface area contributed by atoms with E-state index >= 15 is 0 Å². The molecule has 4 nitrogen and oxygen atoms in total. The van der Waals surface area contributed by atoms with Crippen LogP contribution in [0, 0.1) is 0 Å². The molecule has 0 aliphatic rings. The lowest BCUT2D eigenvalue weighted by Crippen LogP contribution is -2.06. The van der Waals surface area contributed by atoms with Gasteiger partial charge in [0, 0.05) is 29.7 Å². The molecule has 0 aromatic carbocycles.